The molecule has 0 saturated heterocycles. The molecule has 0 fully saturated rings. The fraction of sp³-hybridized carbons (Fsp3) is 0.125. The first kappa shape index (κ1) is 16.2. The van der Waals surface area contributed by atoms with Crippen LogP contribution < -0.4 is 15.7 Å². The van der Waals surface area contributed by atoms with Crippen LogP contribution in [0.4, 0.5) is 8.78 Å². The van der Waals surface area contributed by atoms with E-state index in [2.05, 4.69) is 21.6 Å². The van der Waals surface area contributed by atoms with Gasteiger partial charge in [0, 0.05) is 12.1 Å². The Labute approximate surface area is 129 Å². The van der Waals surface area contributed by atoms with Crippen LogP contribution in [0.3, 0.4) is 0 Å². The zero-order valence-electron chi connectivity index (χ0n) is 11.8. The SMILES string of the molecule is O=C(NCC#CCOc1ccc(F)cc1F)c1ccc(=O)oc1. The molecule has 0 saturated carbocycles. The molecule has 1 amide bonds. The van der Waals surface area contributed by atoms with Crippen LogP contribution in [-0.4, -0.2) is 19.1 Å². The van der Waals surface area contributed by atoms with Gasteiger partial charge in [-0.1, -0.05) is 11.8 Å². The number of rotatable bonds is 4. The average Bonchev–Trinajstić information content (AvgIpc) is 2.53. The highest BCUT2D eigenvalue weighted by Gasteiger charge is 2.05. The van der Waals surface area contributed by atoms with Crippen LogP contribution >= 0.6 is 0 Å². The Morgan fingerprint density at radius 3 is 2.74 bits per heavy atom. The second-order valence-corrected chi connectivity index (χ2v) is 4.24. The van der Waals surface area contributed by atoms with E-state index in [0.29, 0.717) is 6.07 Å². The van der Waals surface area contributed by atoms with Crippen molar-refractivity contribution in [2.75, 3.05) is 13.2 Å². The van der Waals surface area contributed by atoms with Crippen molar-refractivity contribution >= 4 is 5.91 Å². The summed E-state index contributed by atoms with van der Waals surface area (Å²) in [7, 11) is 0. The molecular weight excluding hydrogens is 308 g/mol. The molecular formula is C16H11F2NO4. The van der Waals surface area contributed by atoms with E-state index in [1.807, 2.05) is 0 Å². The molecule has 2 rings (SSSR count). The molecule has 118 valence electrons. The lowest BCUT2D eigenvalue weighted by atomic mass is 10.3. The molecule has 23 heavy (non-hydrogen) atoms. The van der Waals surface area contributed by atoms with Crippen LogP contribution in [-0.2, 0) is 0 Å². The lowest BCUT2D eigenvalue weighted by Gasteiger charge is -2.03. The molecule has 1 aromatic carbocycles. The number of ether oxygens (including phenoxy) is 1. The molecule has 0 unspecified atom stereocenters. The monoisotopic (exact) mass is 319 g/mol. The largest absolute Gasteiger partial charge is 0.478 e. The minimum Gasteiger partial charge on any atom is -0.478 e. The minimum atomic E-state index is -0.814. The van der Waals surface area contributed by atoms with Crippen LogP contribution in [0, 0.1) is 23.5 Å². The van der Waals surface area contributed by atoms with Crippen molar-refractivity contribution in [1.29, 1.82) is 0 Å². The third-order valence-electron chi connectivity index (χ3n) is 2.62. The Morgan fingerprint density at radius 2 is 2.04 bits per heavy atom. The number of carbonyl (C=O) groups is 1. The number of carbonyl (C=O) groups excluding carboxylic acids is 1. The van der Waals surface area contributed by atoms with E-state index >= 15 is 0 Å². The van der Waals surface area contributed by atoms with Crippen molar-refractivity contribution in [2.24, 2.45) is 0 Å². The van der Waals surface area contributed by atoms with Crippen molar-refractivity contribution in [2.45, 2.75) is 0 Å². The molecule has 1 N–H and O–H groups in total. The minimum absolute atomic E-state index is 0.0349. The Bertz CT molecular complexity index is 800. The summed E-state index contributed by atoms with van der Waals surface area (Å²) >= 11 is 0. The summed E-state index contributed by atoms with van der Waals surface area (Å²) in [5.41, 5.74) is -0.359. The van der Waals surface area contributed by atoms with E-state index in [1.54, 1.807) is 0 Å². The molecule has 0 radical (unpaired) electrons. The van der Waals surface area contributed by atoms with Gasteiger partial charge in [-0.05, 0) is 18.2 Å². The normalized spacial score (nSPS) is 9.65. The number of hydrogen-bond donors (Lipinski definition) is 1. The van der Waals surface area contributed by atoms with E-state index in [4.69, 9.17) is 4.74 Å². The predicted molar refractivity (Wildman–Crippen MR) is 76.9 cm³/mol. The van der Waals surface area contributed by atoms with Crippen molar-refractivity contribution in [3.63, 3.8) is 0 Å². The predicted octanol–water partition coefficient (Wildman–Crippen LogP) is 1.73. The second-order valence-electron chi connectivity index (χ2n) is 4.24. The third kappa shape index (κ3) is 4.97. The topological polar surface area (TPSA) is 68.5 Å². The molecule has 7 heteroatoms. The molecule has 0 aliphatic heterocycles. The molecule has 0 bridgehead atoms. The number of amides is 1. The third-order valence-corrected chi connectivity index (χ3v) is 2.62. The van der Waals surface area contributed by atoms with Crippen molar-refractivity contribution in [1.82, 2.24) is 5.32 Å². The van der Waals surface area contributed by atoms with Crippen LogP contribution in [0.5, 0.6) is 5.75 Å². The lowest BCUT2D eigenvalue weighted by Crippen LogP contribution is -2.24. The number of hydrogen-bond acceptors (Lipinski definition) is 4. The van der Waals surface area contributed by atoms with Crippen molar-refractivity contribution in [3.05, 3.63) is 64.2 Å². The number of nitrogens with one attached hydrogen (secondary N) is 1. The quantitative estimate of drug-likeness (QED) is 0.872. The number of benzene rings is 1. The molecule has 0 aliphatic carbocycles. The van der Waals surface area contributed by atoms with Gasteiger partial charge in [0.1, 0.15) is 18.7 Å². The molecule has 0 aliphatic rings. The second kappa shape index (κ2) is 7.75. The van der Waals surface area contributed by atoms with Gasteiger partial charge in [-0.3, -0.25) is 4.79 Å². The molecule has 0 atom stereocenters. The van der Waals surface area contributed by atoms with E-state index in [0.717, 1.165) is 24.5 Å². The van der Waals surface area contributed by atoms with Gasteiger partial charge in [-0.25, -0.2) is 13.6 Å². The summed E-state index contributed by atoms with van der Waals surface area (Å²) in [6, 6.07) is 5.41. The van der Waals surface area contributed by atoms with Gasteiger partial charge in [0.25, 0.3) is 5.91 Å². The summed E-state index contributed by atoms with van der Waals surface area (Å²) in [6.45, 7) is -0.0775. The zero-order valence-corrected chi connectivity index (χ0v) is 11.8. The first-order valence-electron chi connectivity index (χ1n) is 6.47. The standard InChI is InChI=1S/C16H11F2NO4/c17-12-4-5-14(13(18)9-12)22-8-2-1-7-19-16(21)11-3-6-15(20)23-10-11/h3-6,9-10H,7-8H2,(H,19,21). The first-order valence-corrected chi connectivity index (χ1v) is 6.47. The summed E-state index contributed by atoms with van der Waals surface area (Å²) in [5, 5.41) is 2.48. The van der Waals surface area contributed by atoms with Gasteiger partial charge in [-0.15, -0.1) is 0 Å². The molecule has 0 spiro atoms. The van der Waals surface area contributed by atoms with Gasteiger partial charge < -0.3 is 14.5 Å². The molecule has 5 nitrogen and oxygen atoms in total. The van der Waals surface area contributed by atoms with Crippen LogP contribution in [0.15, 0.2) is 45.8 Å². The Hall–Kier alpha value is -3.14. The Morgan fingerprint density at radius 1 is 1.22 bits per heavy atom. The zero-order chi connectivity index (χ0) is 16.7. The highest BCUT2D eigenvalue weighted by Crippen LogP contribution is 2.17. The summed E-state index contributed by atoms with van der Waals surface area (Å²) in [6.07, 6.45) is 1.05. The average molecular weight is 319 g/mol. The maximum absolute atomic E-state index is 13.2. The van der Waals surface area contributed by atoms with Crippen LogP contribution in [0.25, 0.3) is 0 Å². The lowest BCUT2D eigenvalue weighted by molar-refractivity contribution is 0.0956. The first-order chi connectivity index (χ1) is 11.1. The Kier molecular flexibility index (Phi) is 5.47. The van der Waals surface area contributed by atoms with Gasteiger partial charge in [0.05, 0.1) is 12.1 Å². The van der Waals surface area contributed by atoms with Crippen molar-refractivity contribution in [3.8, 4) is 17.6 Å². The summed E-state index contributed by atoms with van der Waals surface area (Å²) < 4.78 is 35.5. The molecule has 2 aromatic rings. The summed E-state index contributed by atoms with van der Waals surface area (Å²) in [5.74, 6) is 3.11. The smallest absolute Gasteiger partial charge is 0.335 e. The van der Waals surface area contributed by atoms with E-state index in [-0.39, 0.29) is 24.5 Å². The molecule has 1 aromatic heterocycles. The maximum Gasteiger partial charge on any atom is 0.335 e. The van der Waals surface area contributed by atoms with E-state index in [9.17, 15) is 18.4 Å². The van der Waals surface area contributed by atoms with E-state index < -0.39 is 23.2 Å². The Balaban J connectivity index is 1.76. The van der Waals surface area contributed by atoms with Crippen LogP contribution in [0.2, 0.25) is 0 Å². The fourth-order valence-electron chi connectivity index (χ4n) is 1.53. The van der Waals surface area contributed by atoms with Gasteiger partial charge in [0.2, 0.25) is 0 Å². The van der Waals surface area contributed by atoms with Crippen LogP contribution in [0.1, 0.15) is 10.4 Å². The van der Waals surface area contributed by atoms with Gasteiger partial charge >= 0.3 is 5.63 Å². The molecule has 1 heterocycles. The fourth-order valence-corrected chi connectivity index (χ4v) is 1.53. The van der Waals surface area contributed by atoms with Crippen molar-refractivity contribution < 1.29 is 22.7 Å². The van der Waals surface area contributed by atoms with Gasteiger partial charge in [-0.2, -0.15) is 0 Å². The highest BCUT2D eigenvalue weighted by molar-refractivity contribution is 5.93. The maximum atomic E-state index is 13.2. The van der Waals surface area contributed by atoms with Gasteiger partial charge in [0.15, 0.2) is 11.6 Å². The van der Waals surface area contributed by atoms with E-state index in [1.165, 1.54) is 6.07 Å². The summed E-state index contributed by atoms with van der Waals surface area (Å²) in [4.78, 5) is 22.4. The highest BCUT2D eigenvalue weighted by atomic mass is 19.1. The number of halogens is 2.